The van der Waals surface area contributed by atoms with Gasteiger partial charge in [0.15, 0.2) is 0 Å². The van der Waals surface area contributed by atoms with Gasteiger partial charge in [0, 0.05) is 19.2 Å². The van der Waals surface area contributed by atoms with Gasteiger partial charge in [-0.25, -0.2) is 13.6 Å². The van der Waals surface area contributed by atoms with E-state index in [1.54, 1.807) is 0 Å². The predicted molar refractivity (Wildman–Crippen MR) is 68.4 cm³/mol. The number of carboxylic acid groups (broad SMARTS) is 1. The number of benzene rings is 1. The minimum absolute atomic E-state index is 0.0470. The quantitative estimate of drug-likeness (QED) is 0.555. The second-order valence-corrected chi connectivity index (χ2v) is 4.22. The molecule has 0 heterocycles. The van der Waals surface area contributed by atoms with Crippen molar-refractivity contribution in [2.75, 3.05) is 19.7 Å². The lowest BCUT2D eigenvalue weighted by atomic mass is 10.0. The molecule has 0 aromatic heterocycles. The fraction of sp³-hybridized carbons (Fsp3) is 0.417. The van der Waals surface area contributed by atoms with Crippen molar-refractivity contribution in [1.82, 2.24) is 4.90 Å². The van der Waals surface area contributed by atoms with Gasteiger partial charge in [-0.2, -0.15) is 0 Å². The summed E-state index contributed by atoms with van der Waals surface area (Å²) in [6.07, 6.45) is -2.66. The van der Waals surface area contributed by atoms with Crippen molar-refractivity contribution in [3.63, 3.8) is 0 Å². The zero-order chi connectivity index (χ0) is 16.0. The fourth-order valence-corrected chi connectivity index (χ4v) is 1.93. The van der Waals surface area contributed by atoms with Crippen LogP contribution in [0, 0.1) is 10.1 Å². The highest BCUT2D eigenvalue weighted by atomic mass is 19.3. The fourth-order valence-electron chi connectivity index (χ4n) is 1.93. The summed E-state index contributed by atoms with van der Waals surface area (Å²) in [4.78, 5) is 22.3. The van der Waals surface area contributed by atoms with Crippen LogP contribution in [0.25, 0.3) is 0 Å². The van der Waals surface area contributed by atoms with E-state index >= 15 is 0 Å². The van der Waals surface area contributed by atoms with E-state index in [0.717, 1.165) is 11.0 Å². The molecule has 0 saturated carbocycles. The molecule has 0 amide bonds. The monoisotopic (exact) mass is 304 g/mol. The first kappa shape index (κ1) is 16.9. The van der Waals surface area contributed by atoms with Crippen LogP contribution in [0.15, 0.2) is 18.2 Å². The largest absolute Gasteiger partial charge is 0.477 e. The van der Waals surface area contributed by atoms with Crippen molar-refractivity contribution < 1.29 is 28.7 Å². The maximum atomic E-state index is 12.4. The number of hydrogen-bond acceptors (Lipinski definition) is 5. The number of aromatic carboxylic acids is 1. The molecule has 21 heavy (non-hydrogen) atoms. The molecule has 7 nitrogen and oxygen atoms in total. The van der Waals surface area contributed by atoms with Crippen molar-refractivity contribution in [2.45, 2.75) is 13.0 Å². The van der Waals surface area contributed by atoms with Crippen LogP contribution in [0.4, 0.5) is 14.5 Å². The standard InChI is InChI=1S/C12H14F2N2O5/c13-10(14)7-15(4-5-17)6-8-2-1-3-9(16(20)21)11(8)12(18)19/h1-3,10,17H,4-7H2,(H,18,19). The molecule has 1 aromatic carbocycles. The maximum absolute atomic E-state index is 12.4. The molecule has 0 saturated heterocycles. The van der Waals surface area contributed by atoms with Gasteiger partial charge in [-0.1, -0.05) is 12.1 Å². The summed E-state index contributed by atoms with van der Waals surface area (Å²) in [5.41, 5.74) is -1.08. The third kappa shape index (κ3) is 4.72. The molecule has 0 aliphatic heterocycles. The van der Waals surface area contributed by atoms with Crippen molar-refractivity contribution >= 4 is 11.7 Å². The Hall–Kier alpha value is -2.13. The zero-order valence-corrected chi connectivity index (χ0v) is 10.9. The number of carbonyl (C=O) groups is 1. The van der Waals surface area contributed by atoms with Crippen LogP contribution in [-0.2, 0) is 6.54 Å². The third-order valence-corrected chi connectivity index (χ3v) is 2.75. The van der Waals surface area contributed by atoms with Crippen LogP contribution in [0.5, 0.6) is 0 Å². The van der Waals surface area contributed by atoms with Crippen molar-refractivity contribution in [2.24, 2.45) is 0 Å². The summed E-state index contributed by atoms with van der Waals surface area (Å²) in [5.74, 6) is -1.50. The molecular weight excluding hydrogens is 290 g/mol. The molecule has 2 N–H and O–H groups in total. The van der Waals surface area contributed by atoms with Gasteiger partial charge in [-0.15, -0.1) is 0 Å². The lowest BCUT2D eigenvalue weighted by molar-refractivity contribution is -0.385. The Kier molecular flexibility index (Phi) is 6.12. The van der Waals surface area contributed by atoms with E-state index in [-0.39, 0.29) is 25.3 Å². The SMILES string of the molecule is O=C(O)c1c(CN(CCO)CC(F)F)cccc1[N+](=O)[O-]. The number of alkyl halides is 2. The van der Waals surface area contributed by atoms with Crippen LogP contribution >= 0.6 is 0 Å². The van der Waals surface area contributed by atoms with Gasteiger partial charge in [0.25, 0.3) is 12.1 Å². The Balaban J connectivity index is 3.13. The molecule has 0 fully saturated rings. The van der Waals surface area contributed by atoms with E-state index in [1.165, 1.54) is 12.1 Å². The molecule has 0 spiro atoms. The normalized spacial score (nSPS) is 11.1. The highest BCUT2D eigenvalue weighted by Gasteiger charge is 2.25. The Labute approximate surface area is 118 Å². The van der Waals surface area contributed by atoms with Gasteiger partial charge in [0.1, 0.15) is 5.56 Å². The summed E-state index contributed by atoms with van der Waals surface area (Å²) >= 11 is 0. The van der Waals surface area contributed by atoms with Crippen LogP contribution in [0.1, 0.15) is 15.9 Å². The minimum Gasteiger partial charge on any atom is -0.477 e. The number of nitro groups is 1. The molecule has 0 aliphatic carbocycles. The lowest BCUT2D eigenvalue weighted by Gasteiger charge is -2.21. The van der Waals surface area contributed by atoms with Gasteiger partial charge in [-0.05, 0) is 5.56 Å². The molecule has 116 valence electrons. The van der Waals surface area contributed by atoms with E-state index in [4.69, 9.17) is 10.2 Å². The number of halogens is 2. The van der Waals surface area contributed by atoms with Crippen molar-refractivity contribution in [3.8, 4) is 0 Å². The third-order valence-electron chi connectivity index (χ3n) is 2.75. The highest BCUT2D eigenvalue weighted by Crippen LogP contribution is 2.23. The number of aliphatic hydroxyl groups is 1. The van der Waals surface area contributed by atoms with Gasteiger partial charge < -0.3 is 10.2 Å². The lowest BCUT2D eigenvalue weighted by Crippen LogP contribution is -2.31. The molecule has 1 rings (SSSR count). The summed E-state index contributed by atoms with van der Waals surface area (Å²) in [6, 6.07) is 3.65. The van der Waals surface area contributed by atoms with E-state index in [2.05, 4.69) is 0 Å². The van der Waals surface area contributed by atoms with Crippen LogP contribution in [0.2, 0.25) is 0 Å². The number of nitrogens with zero attached hydrogens (tertiary/aromatic N) is 2. The molecule has 0 aliphatic rings. The first-order valence-electron chi connectivity index (χ1n) is 5.97. The van der Waals surface area contributed by atoms with Crippen LogP contribution < -0.4 is 0 Å². The molecule has 1 aromatic rings. The smallest absolute Gasteiger partial charge is 0.343 e. The van der Waals surface area contributed by atoms with Gasteiger partial charge in [0.2, 0.25) is 0 Å². The zero-order valence-electron chi connectivity index (χ0n) is 10.9. The molecule has 0 radical (unpaired) electrons. The first-order chi connectivity index (χ1) is 9.86. The van der Waals surface area contributed by atoms with E-state index in [1.807, 2.05) is 0 Å². The van der Waals surface area contributed by atoms with Crippen molar-refractivity contribution in [1.29, 1.82) is 0 Å². The predicted octanol–water partition coefficient (Wildman–Crippen LogP) is 1.35. The minimum atomic E-state index is -2.66. The van der Waals surface area contributed by atoms with E-state index in [9.17, 15) is 23.7 Å². The van der Waals surface area contributed by atoms with Crippen LogP contribution in [0.3, 0.4) is 0 Å². The number of carboxylic acids is 1. The van der Waals surface area contributed by atoms with Gasteiger partial charge in [0.05, 0.1) is 18.1 Å². The molecule has 0 atom stereocenters. The average molecular weight is 304 g/mol. The second kappa shape index (κ2) is 7.60. The topological polar surface area (TPSA) is 104 Å². The molecule has 0 bridgehead atoms. The van der Waals surface area contributed by atoms with Gasteiger partial charge in [-0.3, -0.25) is 15.0 Å². The van der Waals surface area contributed by atoms with E-state index in [0.29, 0.717) is 0 Å². The molecule has 9 heteroatoms. The second-order valence-electron chi connectivity index (χ2n) is 4.22. The first-order valence-corrected chi connectivity index (χ1v) is 5.97. The van der Waals surface area contributed by atoms with Crippen molar-refractivity contribution in [3.05, 3.63) is 39.4 Å². The van der Waals surface area contributed by atoms with Gasteiger partial charge >= 0.3 is 5.97 Å². The highest BCUT2D eigenvalue weighted by molar-refractivity contribution is 5.94. The number of hydrogen-bond donors (Lipinski definition) is 2. The summed E-state index contributed by atoms with van der Waals surface area (Å²) in [5, 5.41) is 28.8. The Morgan fingerprint density at radius 2 is 2.10 bits per heavy atom. The average Bonchev–Trinajstić information content (AvgIpc) is 2.37. The number of rotatable bonds is 8. The van der Waals surface area contributed by atoms with E-state index < -0.39 is 35.1 Å². The number of nitro benzene ring substituents is 1. The Morgan fingerprint density at radius 3 is 2.57 bits per heavy atom. The summed E-state index contributed by atoms with van der Waals surface area (Å²) in [6.45, 7) is -1.37. The van der Waals surface area contributed by atoms with Crippen LogP contribution in [-0.4, -0.2) is 52.1 Å². The Bertz CT molecular complexity index is 524. The Morgan fingerprint density at radius 1 is 1.43 bits per heavy atom. The number of aliphatic hydroxyl groups excluding tert-OH is 1. The molecule has 0 unspecified atom stereocenters. The summed E-state index contributed by atoms with van der Waals surface area (Å²) in [7, 11) is 0. The summed E-state index contributed by atoms with van der Waals surface area (Å²) < 4.78 is 24.9. The molecular formula is C12H14F2N2O5. The maximum Gasteiger partial charge on any atom is 0.343 e.